The monoisotopic (exact) mass is 160 g/mol. The van der Waals surface area contributed by atoms with Gasteiger partial charge in [0.15, 0.2) is 0 Å². The lowest BCUT2D eigenvalue weighted by atomic mass is 10.2. The Balaban J connectivity index is 3.07. The van der Waals surface area contributed by atoms with Gasteiger partial charge in [-0.15, -0.1) is 0 Å². The summed E-state index contributed by atoms with van der Waals surface area (Å²) in [5.41, 5.74) is 5.45. The molecule has 3 nitrogen and oxygen atoms in total. The summed E-state index contributed by atoms with van der Waals surface area (Å²) in [5.74, 6) is 0. The molecule has 0 heterocycles. The molecule has 0 fully saturated rings. The van der Waals surface area contributed by atoms with Gasteiger partial charge in [0.25, 0.3) is 0 Å². The minimum absolute atomic E-state index is 0.222. The van der Waals surface area contributed by atoms with E-state index < -0.39 is 0 Å². The van der Waals surface area contributed by atoms with Crippen LogP contribution in [0.1, 0.15) is 19.8 Å². The molecule has 0 aromatic carbocycles. The number of nitrogens with one attached hydrogen (secondary N) is 1. The molecule has 0 aliphatic heterocycles. The highest BCUT2D eigenvalue weighted by molar-refractivity contribution is 4.59. The fourth-order valence-electron chi connectivity index (χ4n) is 0.897. The first-order chi connectivity index (χ1) is 5.35. The van der Waals surface area contributed by atoms with E-state index in [9.17, 15) is 0 Å². The van der Waals surface area contributed by atoms with Gasteiger partial charge in [-0.25, -0.2) is 0 Å². The smallest absolute Gasteiger partial charge is 0.0705 e. The van der Waals surface area contributed by atoms with Crippen LogP contribution >= 0.6 is 0 Å². The fraction of sp³-hybridized carbons (Fsp3) is 1.00. The summed E-state index contributed by atoms with van der Waals surface area (Å²) >= 11 is 0. The van der Waals surface area contributed by atoms with Gasteiger partial charge >= 0.3 is 0 Å². The first kappa shape index (κ1) is 10.9. The molecule has 11 heavy (non-hydrogen) atoms. The van der Waals surface area contributed by atoms with Gasteiger partial charge in [-0.05, 0) is 25.9 Å². The second-order valence-corrected chi connectivity index (χ2v) is 2.63. The summed E-state index contributed by atoms with van der Waals surface area (Å²) < 4.78 is 5.11. The molecule has 1 unspecified atom stereocenters. The van der Waals surface area contributed by atoms with E-state index >= 15 is 0 Å². The zero-order valence-electron chi connectivity index (χ0n) is 7.60. The van der Waals surface area contributed by atoms with E-state index in [2.05, 4.69) is 12.2 Å². The van der Waals surface area contributed by atoms with Crippen LogP contribution in [0.3, 0.4) is 0 Å². The largest absolute Gasteiger partial charge is 0.380 e. The molecule has 0 aliphatic rings. The SMILES string of the molecule is CCCNCCC(CN)OC. The van der Waals surface area contributed by atoms with Crippen LogP contribution in [-0.4, -0.2) is 32.8 Å². The molecule has 3 N–H and O–H groups in total. The number of hydrogen-bond donors (Lipinski definition) is 2. The van der Waals surface area contributed by atoms with Crippen LogP contribution in [0.4, 0.5) is 0 Å². The highest BCUT2D eigenvalue weighted by Gasteiger charge is 2.01. The van der Waals surface area contributed by atoms with Crippen LogP contribution in [0.2, 0.25) is 0 Å². The highest BCUT2D eigenvalue weighted by atomic mass is 16.5. The van der Waals surface area contributed by atoms with E-state index in [4.69, 9.17) is 10.5 Å². The van der Waals surface area contributed by atoms with E-state index in [1.54, 1.807) is 7.11 Å². The van der Waals surface area contributed by atoms with Crippen LogP contribution in [-0.2, 0) is 4.74 Å². The standard InChI is InChI=1S/C8H20N2O/c1-3-5-10-6-4-8(7-9)11-2/h8,10H,3-7,9H2,1-2H3. The van der Waals surface area contributed by atoms with E-state index in [1.807, 2.05) is 0 Å². The third kappa shape index (κ3) is 6.28. The number of rotatable bonds is 7. The van der Waals surface area contributed by atoms with Crippen molar-refractivity contribution < 1.29 is 4.74 Å². The molecule has 3 heteroatoms. The minimum atomic E-state index is 0.222. The Morgan fingerprint density at radius 2 is 2.18 bits per heavy atom. The van der Waals surface area contributed by atoms with Crippen molar-refractivity contribution in [3.8, 4) is 0 Å². The number of methoxy groups -OCH3 is 1. The zero-order chi connectivity index (χ0) is 8.53. The average Bonchev–Trinajstić information content (AvgIpc) is 2.05. The van der Waals surface area contributed by atoms with Gasteiger partial charge in [0.1, 0.15) is 0 Å². The molecule has 0 amide bonds. The summed E-state index contributed by atoms with van der Waals surface area (Å²) in [7, 11) is 1.71. The Labute approximate surface area is 69.3 Å². The molecule has 0 aromatic heterocycles. The van der Waals surface area contributed by atoms with Crippen molar-refractivity contribution in [1.82, 2.24) is 5.32 Å². The summed E-state index contributed by atoms with van der Waals surface area (Å²) in [5, 5.41) is 3.30. The molecule has 0 spiro atoms. The third-order valence-corrected chi connectivity index (χ3v) is 1.67. The maximum atomic E-state index is 5.45. The molecule has 0 rings (SSSR count). The van der Waals surface area contributed by atoms with Crippen molar-refractivity contribution in [2.24, 2.45) is 5.73 Å². The normalized spacial score (nSPS) is 13.4. The first-order valence-electron chi connectivity index (χ1n) is 4.28. The Hall–Kier alpha value is -0.120. The summed E-state index contributed by atoms with van der Waals surface area (Å²) in [6.07, 6.45) is 2.41. The molecule has 1 atom stereocenters. The average molecular weight is 160 g/mol. The van der Waals surface area contributed by atoms with E-state index in [0.29, 0.717) is 6.54 Å². The summed E-state index contributed by atoms with van der Waals surface area (Å²) in [4.78, 5) is 0. The van der Waals surface area contributed by atoms with E-state index in [-0.39, 0.29) is 6.10 Å². The van der Waals surface area contributed by atoms with E-state index in [0.717, 1.165) is 19.5 Å². The third-order valence-electron chi connectivity index (χ3n) is 1.67. The maximum Gasteiger partial charge on any atom is 0.0705 e. The van der Waals surface area contributed by atoms with Crippen LogP contribution < -0.4 is 11.1 Å². The summed E-state index contributed by atoms with van der Waals surface area (Å²) in [6, 6.07) is 0. The van der Waals surface area contributed by atoms with Gasteiger partial charge in [0, 0.05) is 13.7 Å². The molecule has 0 saturated carbocycles. The Morgan fingerprint density at radius 1 is 1.45 bits per heavy atom. The van der Waals surface area contributed by atoms with Crippen molar-refractivity contribution in [3.63, 3.8) is 0 Å². The number of ether oxygens (including phenoxy) is 1. The number of hydrogen-bond acceptors (Lipinski definition) is 3. The van der Waals surface area contributed by atoms with E-state index in [1.165, 1.54) is 6.42 Å². The lowest BCUT2D eigenvalue weighted by Gasteiger charge is -2.12. The Bertz CT molecular complexity index is 74.5. The van der Waals surface area contributed by atoms with Crippen molar-refractivity contribution in [1.29, 1.82) is 0 Å². The molecule has 0 aliphatic carbocycles. The Morgan fingerprint density at radius 3 is 2.64 bits per heavy atom. The molecule has 0 saturated heterocycles. The second-order valence-electron chi connectivity index (χ2n) is 2.63. The lowest BCUT2D eigenvalue weighted by molar-refractivity contribution is 0.102. The minimum Gasteiger partial charge on any atom is -0.380 e. The van der Waals surface area contributed by atoms with Crippen molar-refractivity contribution in [2.45, 2.75) is 25.9 Å². The van der Waals surface area contributed by atoms with Gasteiger partial charge in [-0.1, -0.05) is 6.92 Å². The van der Waals surface area contributed by atoms with Crippen LogP contribution in [0.5, 0.6) is 0 Å². The molecular formula is C8H20N2O. The predicted octanol–water partition coefficient (Wildman–Crippen LogP) is 0.350. The van der Waals surface area contributed by atoms with Crippen molar-refractivity contribution >= 4 is 0 Å². The Kier molecular flexibility index (Phi) is 7.89. The topological polar surface area (TPSA) is 47.3 Å². The molecular weight excluding hydrogens is 140 g/mol. The van der Waals surface area contributed by atoms with Gasteiger partial charge in [-0.2, -0.15) is 0 Å². The second kappa shape index (κ2) is 7.98. The van der Waals surface area contributed by atoms with Gasteiger partial charge in [-0.3, -0.25) is 0 Å². The van der Waals surface area contributed by atoms with Crippen LogP contribution in [0.25, 0.3) is 0 Å². The highest BCUT2D eigenvalue weighted by Crippen LogP contribution is 1.91. The molecule has 0 bridgehead atoms. The maximum absolute atomic E-state index is 5.45. The fourth-order valence-corrected chi connectivity index (χ4v) is 0.897. The quantitative estimate of drug-likeness (QED) is 0.528. The van der Waals surface area contributed by atoms with Crippen LogP contribution in [0, 0.1) is 0 Å². The lowest BCUT2D eigenvalue weighted by Crippen LogP contribution is -2.27. The molecule has 0 radical (unpaired) electrons. The number of nitrogens with two attached hydrogens (primary N) is 1. The predicted molar refractivity (Wildman–Crippen MR) is 47.6 cm³/mol. The van der Waals surface area contributed by atoms with Crippen molar-refractivity contribution in [2.75, 3.05) is 26.7 Å². The first-order valence-corrected chi connectivity index (χ1v) is 4.28. The van der Waals surface area contributed by atoms with Crippen LogP contribution in [0.15, 0.2) is 0 Å². The van der Waals surface area contributed by atoms with Gasteiger partial charge < -0.3 is 15.8 Å². The zero-order valence-corrected chi connectivity index (χ0v) is 7.60. The summed E-state index contributed by atoms with van der Waals surface area (Å²) in [6.45, 7) is 4.86. The molecule has 0 aromatic rings. The van der Waals surface area contributed by atoms with Gasteiger partial charge in [0.05, 0.1) is 6.10 Å². The van der Waals surface area contributed by atoms with Gasteiger partial charge in [0.2, 0.25) is 0 Å². The molecule has 68 valence electrons. The van der Waals surface area contributed by atoms with Crippen molar-refractivity contribution in [3.05, 3.63) is 0 Å².